The number of esters is 1. The third kappa shape index (κ3) is 9.26. The number of hydrogen-bond donors (Lipinski definition) is 0. The van der Waals surface area contributed by atoms with Crippen molar-refractivity contribution < 1.29 is 33.4 Å². The summed E-state index contributed by atoms with van der Waals surface area (Å²) in [6.45, 7) is 17.5. The predicted octanol–water partition coefficient (Wildman–Crippen LogP) is 4.94. The first-order valence-electron chi connectivity index (χ1n) is 11.4. The standard InChI is InChI=1S/C24H37NO8Si/c1-17(18(2)30-16-29-12-13-34(5,6)7)14-21(22-15-31-24(3,4)33-22)32-23(26)19-8-10-20(11-9-19)25(27)28/h8-11,18,21-22H,1,12-16H2,2-7H3/t18-,21-,22-/m1/s1. The van der Waals surface area contributed by atoms with E-state index in [9.17, 15) is 14.9 Å². The lowest BCUT2D eigenvalue weighted by Gasteiger charge is -2.27. The van der Waals surface area contributed by atoms with E-state index in [1.54, 1.807) is 13.8 Å². The molecule has 1 aromatic carbocycles. The maximum Gasteiger partial charge on any atom is 0.338 e. The number of nitro groups is 1. The fraction of sp³-hybridized carbons (Fsp3) is 0.625. The summed E-state index contributed by atoms with van der Waals surface area (Å²) in [6, 6.07) is 6.32. The Morgan fingerprint density at radius 3 is 2.47 bits per heavy atom. The maximum atomic E-state index is 12.8. The van der Waals surface area contributed by atoms with Gasteiger partial charge in [0.2, 0.25) is 0 Å². The average Bonchev–Trinajstić information content (AvgIpc) is 3.11. The van der Waals surface area contributed by atoms with Crippen molar-refractivity contribution in [1.29, 1.82) is 0 Å². The number of benzene rings is 1. The minimum atomic E-state index is -1.16. The second-order valence-corrected chi connectivity index (χ2v) is 15.7. The Balaban J connectivity index is 1.98. The van der Waals surface area contributed by atoms with Crippen LogP contribution in [0.2, 0.25) is 25.7 Å². The lowest BCUT2D eigenvalue weighted by molar-refractivity contribution is -0.384. The van der Waals surface area contributed by atoms with Crippen LogP contribution in [-0.2, 0) is 23.7 Å². The molecule has 1 fully saturated rings. The molecule has 0 amide bonds. The van der Waals surface area contributed by atoms with Crippen LogP contribution in [0.15, 0.2) is 36.4 Å². The summed E-state index contributed by atoms with van der Waals surface area (Å²) in [4.78, 5) is 23.1. The summed E-state index contributed by atoms with van der Waals surface area (Å²) < 4.78 is 28.7. The first-order chi connectivity index (χ1) is 15.8. The summed E-state index contributed by atoms with van der Waals surface area (Å²) in [5.74, 6) is -1.40. The molecule has 2 rings (SSSR count). The molecule has 0 aromatic heterocycles. The van der Waals surface area contributed by atoms with E-state index >= 15 is 0 Å². The monoisotopic (exact) mass is 495 g/mol. The number of hydrogen-bond acceptors (Lipinski definition) is 8. The lowest BCUT2D eigenvalue weighted by Crippen LogP contribution is -2.36. The average molecular weight is 496 g/mol. The largest absolute Gasteiger partial charge is 0.456 e. The molecule has 1 saturated heterocycles. The van der Waals surface area contributed by atoms with Crippen molar-refractivity contribution in [2.24, 2.45) is 0 Å². The predicted molar refractivity (Wildman–Crippen MR) is 130 cm³/mol. The Labute approximate surface area is 202 Å². The van der Waals surface area contributed by atoms with Crippen LogP contribution in [0.3, 0.4) is 0 Å². The second-order valence-electron chi connectivity index (χ2n) is 10.1. The summed E-state index contributed by atoms with van der Waals surface area (Å²) >= 11 is 0. The SMILES string of the molecule is C=C(C[C@@H](OC(=O)c1ccc([N+](=O)[O-])cc1)[C@H]1COC(C)(C)O1)[C@@H](C)OCOCC[Si](C)(C)C. The van der Waals surface area contributed by atoms with Gasteiger partial charge < -0.3 is 23.7 Å². The van der Waals surface area contributed by atoms with E-state index in [4.69, 9.17) is 23.7 Å². The fourth-order valence-electron chi connectivity index (χ4n) is 3.20. The summed E-state index contributed by atoms with van der Waals surface area (Å²) in [6.07, 6.45) is -1.17. The highest BCUT2D eigenvalue weighted by molar-refractivity contribution is 6.76. The first-order valence-corrected chi connectivity index (χ1v) is 15.1. The lowest BCUT2D eigenvalue weighted by atomic mass is 10.0. The molecule has 3 atom stereocenters. The molecule has 0 bridgehead atoms. The van der Waals surface area contributed by atoms with Gasteiger partial charge in [0.15, 0.2) is 5.79 Å². The van der Waals surface area contributed by atoms with Gasteiger partial charge in [-0.05, 0) is 44.5 Å². The second kappa shape index (κ2) is 12.0. The molecule has 0 saturated carbocycles. The number of rotatable bonds is 13. The van der Waals surface area contributed by atoms with E-state index in [1.165, 1.54) is 24.3 Å². The minimum absolute atomic E-state index is 0.103. The Morgan fingerprint density at radius 1 is 1.29 bits per heavy atom. The van der Waals surface area contributed by atoms with Crippen LogP contribution in [-0.4, -0.2) is 63.1 Å². The van der Waals surface area contributed by atoms with Crippen molar-refractivity contribution in [2.75, 3.05) is 20.0 Å². The van der Waals surface area contributed by atoms with Gasteiger partial charge in [0, 0.05) is 33.2 Å². The molecule has 1 heterocycles. The van der Waals surface area contributed by atoms with Crippen molar-refractivity contribution in [3.05, 3.63) is 52.1 Å². The molecule has 1 aliphatic heterocycles. The van der Waals surface area contributed by atoms with Gasteiger partial charge >= 0.3 is 5.97 Å². The number of non-ortho nitro benzene ring substituents is 1. The molecule has 1 aromatic rings. The molecular formula is C24H37NO8Si. The zero-order valence-corrected chi connectivity index (χ0v) is 22.0. The van der Waals surface area contributed by atoms with E-state index in [-0.39, 0.29) is 30.8 Å². The van der Waals surface area contributed by atoms with Crippen LogP contribution in [0.5, 0.6) is 0 Å². The summed E-state index contributed by atoms with van der Waals surface area (Å²) in [5.41, 5.74) is 0.830. The number of nitro benzene ring substituents is 1. The summed E-state index contributed by atoms with van der Waals surface area (Å²) in [5, 5.41) is 10.9. The molecular weight excluding hydrogens is 458 g/mol. The van der Waals surface area contributed by atoms with Gasteiger partial charge in [0.25, 0.3) is 5.69 Å². The molecule has 9 nitrogen and oxygen atoms in total. The highest BCUT2D eigenvalue weighted by Crippen LogP contribution is 2.29. The molecule has 0 spiro atoms. The summed E-state index contributed by atoms with van der Waals surface area (Å²) in [7, 11) is -1.16. The van der Waals surface area contributed by atoms with E-state index in [0.29, 0.717) is 13.0 Å². The van der Waals surface area contributed by atoms with Gasteiger partial charge in [-0.1, -0.05) is 26.2 Å². The molecule has 190 valence electrons. The molecule has 34 heavy (non-hydrogen) atoms. The normalized spacial score (nSPS) is 19.4. The highest BCUT2D eigenvalue weighted by atomic mass is 28.3. The third-order valence-corrected chi connectivity index (χ3v) is 7.16. The van der Waals surface area contributed by atoms with Gasteiger partial charge in [0.1, 0.15) is 19.0 Å². The number of carbonyl (C=O) groups is 1. The van der Waals surface area contributed by atoms with Gasteiger partial charge in [-0.25, -0.2) is 4.79 Å². The third-order valence-electron chi connectivity index (χ3n) is 5.45. The number of carbonyl (C=O) groups excluding carboxylic acids is 1. The fourth-order valence-corrected chi connectivity index (χ4v) is 3.96. The Kier molecular flexibility index (Phi) is 9.95. The van der Waals surface area contributed by atoms with E-state index < -0.39 is 37.0 Å². The van der Waals surface area contributed by atoms with Gasteiger partial charge in [-0.3, -0.25) is 10.1 Å². The van der Waals surface area contributed by atoms with Crippen LogP contribution in [0.25, 0.3) is 0 Å². The van der Waals surface area contributed by atoms with Crippen LogP contribution < -0.4 is 0 Å². The molecule has 0 N–H and O–H groups in total. The molecule has 1 aliphatic rings. The van der Waals surface area contributed by atoms with Gasteiger partial charge in [0.05, 0.1) is 23.2 Å². The quantitative estimate of drug-likeness (QED) is 0.0721. The Hall–Kier alpha value is -2.11. The minimum Gasteiger partial charge on any atom is -0.456 e. The zero-order valence-electron chi connectivity index (χ0n) is 21.0. The number of nitrogens with zero attached hydrogens (tertiary/aromatic N) is 1. The smallest absolute Gasteiger partial charge is 0.338 e. The van der Waals surface area contributed by atoms with Crippen molar-refractivity contribution in [3.8, 4) is 0 Å². The molecule has 0 aliphatic carbocycles. The molecule has 0 unspecified atom stereocenters. The van der Waals surface area contributed by atoms with Crippen LogP contribution in [0.4, 0.5) is 5.69 Å². The number of ether oxygens (including phenoxy) is 5. The highest BCUT2D eigenvalue weighted by Gasteiger charge is 2.40. The van der Waals surface area contributed by atoms with Crippen LogP contribution in [0.1, 0.15) is 37.6 Å². The van der Waals surface area contributed by atoms with Crippen LogP contribution in [0, 0.1) is 10.1 Å². The molecule has 10 heteroatoms. The Morgan fingerprint density at radius 2 is 1.94 bits per heavy atom. The van der Waals surface area contributed by atoms with Crippen LogP contribution >= 0.6 is 0 Å². The van der Waals surface area contributed by atoms with Gasteiger partial charge in [-0.2, -0.15) is 0 Å². The van der Waals surface area contributed by atoms with Gasteiger partial charge in [-0.15, -0.1) is 0 Å². The zero-order chi connectivity index (χ0) is 25.5. The van der Waals surface area contributed by atoms with Crippen molar-refractivity contribution in [2.45, 2.75) is 77.0 Å². The van der Waals surface area contributed by atoms with E-state index in [1.807, 2.05) is 6.92 Å². The van der Waals surface area contributed by atoms with Crippen molar-refractivity contribution in [1.82, 2.24) is 0 Å². The first kappa shape index (κ1) is 28.1. The topological polar surface area (TPSA) is 106 Å². The van der Waals surface area contributed by atoms with Crippen molar-refractivity contribution in [3.63, 3.8) is 0 Å². The van der Waals surface area contributed by atoms with E-state index in [0.717, 1.165) is 11.6 Å². The van der Waals surface area contributed by atoms with E-state index in [2.05, 4.69) is 26.2 Å². The molecule has 0 radical (unpaired) electrons. The van der Waals surface area contributed by atoms with Crippen molar-refractivity contribution >= 4 is 19.7 Å². The maximum absolute atomic E-state index is 12.8. The Bertz CT molecular complexity index is 850.